The van der Waals surface area contributed by atoms with E-state index in [0.29, 0.717) is 24.4 Å². The largest absolute Gasteiger partial charge is 0.447 e. The molecule has 2 amide bonds. The van der Waals surface area contributed by atoms with Gasteiger partial charge in [0.15, 0.2) is 0 Å². The summed E-state index contributed by atoms with van der Waals surface area (Å²) in [5.74, 6) is -0.230. The van der Waals surface area contributed by atoms with Crippen LogP contribution in [0, 0.1) is 0 Å². The summed E-state index contributed by atoms with van der Waals surface area (Å²) >= 11 is 0. The average Bonchev–Trinajstić information content (AvgIpc) is 3.22. The van der Waals surface area contributed by atoms with Crippen LogP contribution >= 0.6 is 0 Å². The number of imidazole rings is 1. The number of rotatable bonds is 5. The molecule has 10 heteroatoms. The maximum absolute atomic E-state index is 12.6. The maximum atomic E-state index is 12.6. The zero-order valence-corrected chi connectivity index (χ0v) is 14.4. The Morgan fingerprint density at radius 2 is 2.00 bits per heavy atom. The number of nitrogens with zero attached hydrogens (tertiary/aromatic N) is 4. The molecule has 0 unspecified atom stereocenters. The number of hydrogen-bond donors (Lipinski definition) is 0. The Bertz CT molecular complexity index is 833. The fourth-order valence-corrected chi connectivity index (χ4v) is 2.75. The van der Waals surface area contributed by atoms with Gasteiger partial charge in [-0.1, -0.05) is 0 Å². The predicted octanol–water partition coefficient (Wildman–Crippen LogP) is 2.67. The normalized spacial score (nSPS) is 14.4. The molecule has 0 aliphatic carbocycles. The molecule has 1 aliphatic heterocycles. The van der Waals surface area contributed by atoms with E-state index in [1.807, 2.05) is 0 Å². The predicted molar refractivity (Wildman–Crippen MR) is 89.2 cm³/mol. The van der Waals surface area contributed by atoms with Crippen molar-refractivity contribution >= 4 is 17.7 Å². The van der Waals surface area contributed by atoms with Gasteiger partial charge < -0.3 is 14.2 Å². The fraction of sp³-hybridized carbons (Fsp3) is 0.353. The van der Waals surface area contributed by atoms with Crippen LogP contribution in [0.3, 0.4) is 0 Å². The summed E-state index contributed by atoms with van der Waals surface area (Å²) in [5, 5.41) is 0. The second-order valence-corrected chi connectivity index (χ2v) is 6.06. The molecule has 1 aromatic heterocycles. The lowest BCUT2D eigenvalue weighted by Gasteiger charge is -2.19. The minimum atomic E-state index is -4.37. The van der Waals surface area contributed by atoms with Crippen molar-refractivity contribution in [1.82, 2.24) is 14.5 Å². The van der Waals surface area contributed by atoms with Crippen molar-refractivity contribution in [2.24, 2.45) is 0 Å². The summed E-state index contributed by atoms with van der Waals surface area (Å²) in [4.78, 5) is 30.7. The van der Waals surface area contributed by atoms with Gasteiger partial charge in [-0.2, -0.15) is 13.2 Å². The standard InChI is InChI=1S/C17H17F3N4O3/c1-22(10-14-21-6-7-23(14)11-17(18,19)20)15(25)12-2-4-13(5-3-12)24-8-9-27-16(24)26/h2-7H,8-11H2,1H3. The van der Waals surface area contributed by atoms with E-state index in [0.717, 1.165) is 4.57 Å². The van der Waals surface area contributed by atoms with Crippen molar-refractivity contribution in [3.63, 3.8) is 0 Å². The highest BCUT2D eigenvalue weighted by Crippen LogP contribution is 2.21. The lowest BCUT2D eigenvalue weighted by atomic mass is 10.1. The molecule has 2 heterocycles. The third kappa shape index (κ3) is 4.39. The zero-order chi connectivity index (χ0) is 19.6. The Hall–Kier alpha value is -3.04. The van der Waals surface area contributed by atoms with Crippen LogP contribution in [0.4, 0.5) is 23.7 Å². The number of alkyl halides is 3. The number of aromatic nitrogens is 2. The Labute approximate surface area is 152 Å². The van der Waals surface area contributed by atoms with Crippen LogP contribution in [0.15, 0.2) is 36.7 Å². The first-order chi connectivity index (χ1) is 12.7. The van der Waals surface area contributed by atoms with Crippen molar-refractivity contribution in [3.05, 3.63) is 48.0 Å². The van der Waals surface area contributed by atoms with Crippen LogP contribution in [-0.2, 0) is 17.8 Å². The summed E-state index contributed by atoms with van der Waals surface area (Å²) in [6.45, 7) is -0.478. The van der Waals surface area contributed by atoms with E-state index in [2.05, 4.69) is 4.98 Å². The number of halogens is 3. The molecule has 0 radical (unpaired) electrons. The maximum Gasteiger partial charge on any atom is 0.414 e. The second-order valence-electron chi connectivity index (χ2n) is 6.06. The lowest BCUT2D eigenvalue weighted by Crippen LogP contribution is -2.29. The van der Waals surface area contributed by atoms with Crippen LogP contribution in [0.25, 0.3) is 0 Å². The second kappa shape index (κ2) is 7.29. The number of benzene rings is 1. The molecule has 0 spiro atoms. The first kappa shape index (κ1) is 18.7. The molecular formula is C17H17F3N4O3. The summed E-state index contributed by atoms with van der Waals surface area (Å²) in [5.41, 5.74) is 0.958. The van der Waals surface area contributed by atoms with E-state index in [9.17, 15) is 22.8 Å². The molecule has 7 nitrogen and oxygen atoms in total. The molecule has 27 heavy (non-hydrogen) atoms. The van der Waals surface area contributed by atoms with E-state index >= 15 is 0 Å². The van der Waals surface area contributed by atoms with Crippen LogP contribution in [0.2, 0.25) is 0 Å². The monoisotopic (exact) mass is 382 g/mol. The quantitative estimate of drug-likeness (QED) is 0.798. The van der Waals surface area contributed by atoms with Gasteiger partial charge in [-0.25, -0.2) is 9.78 Å². The Balaban J connectivity index is 1.67. The molecular weight excluding hydrogens is 365 g/mol. The van der Waals surface area contributed by atoms with E-state index in [4.69, 9.17) is 4.74 Å². The van der Waals surface area contributed by atoms with Gasteiger partial charge in [-0.15, -0.1) is 0 Å². The van der Waals surface area contributed by atoms with Gasteiger partial charge >= 0.3 is 12.3 Å². The molecule has 1 aliphatic rings. The van der Waals surface area contributed by atoms with Crippen molar-refractivity contribution in [2.45, 2.75) is 19.3 Å². The topological polar surface area (TPSA) is 67.7 Å². The van der Waals surface area contributed by atoms with Crippen LogP contribution in [-0.4, -0.2) is 52.8 Å². The molecule has 3 rings (SSSR count). The molecule has 2 aromatic rings. The number of amides is 2. The van der Waals surface area contributed by atoms with Crippen molar-refractivity contribution in [1.29, 1.82) is 0 Å². The smallest absolute Gasteiger partial charge is 0.414 e. The van der Waals surface area contributed by atoms with Gasteiger partial charge in [-0.3, -0.25) is 9.69 Å². The minimum absolute atomic E-state index is 0.0673. The molecule has 0 N–H and O–H groups in total. The number of carbonyl (C=O) groups is 2. The summed E-state index contributed by atoms with van der Waals surface area (Å²) in [7, 11) is 1.49. The molecule has 1 saturated heterocycles. The number of carbonyl (C=O) groups excluding carboxylic acids is 2. The van der Waals surface area contributed by atoms with E-state index < -0.39 is 18.8 Å². The third-order valence-corrected chi connectivity index (χ3v) is 4.06. The molecule has 144 valence electrons. The minimum Gasteiger partial charge on any atom is -0.447 e. The van der Waals surface area contributed by atoms with Gasteiger partial charge in [0.05, 0.1) is 13.1 Å². The lowest BCUT2D eigenvalue weighted by molar-refractivity contribution is -0.141. The zero-order valence-electron chi connectivity index (χ0n) is 14.4. The summed E-state index contributed by atoms with van der Waals surface area (Å²) < 4.78 is 43.6. The summed E-state index contributed by atoms with van der Waals surface area (Å²) in [6.07, 6.45) is -2.32. The van der Waals surface area contributed by atoms with Gasteiger partial charge in [0.2, 0.25) is 0 Å². The van der Waals surface area contributed by atoms with Crippen molar-refractivity contribution < 1.29 is 27.5 Å². The van der Waals surface area contributed by atoms with Gasteiger partial charge in [0.25, 0.3) is 5.91 Å². The third-order valence-electron chi connectivity index (χ3n) is 4.06. The SMILES string of the molecule is CN(Cc1nccn1CC(F)(F)F)C(=O)c1ccc(N2CCOC2=O)cc1. The van der Waals surface area contributed by atoms with E-state index in [1.165, 1.54) is 29.2 Å². The first-order valence-corrected chi connectivity index (χ1v) is 8.11. The molecule has 0 saturated carbocycles. The number of anilines is 1. The Morgan fingerprint density at radius 1 is 1.30 bits per heavy atom. The number of hydrogen-bond acceptors (Lipinski definition) is 4. The average molecular weight is 382 g/mol. The number of cyclic esters (lactones) is 1. The molecule has 1 fully saturated rings. The van der Waals surface area contributed by atoms with Gasteiger partial charge in [0, 0.05) is 30.7 Å². The highest BCUT2D eigenvalue weighted by Gasteiger charge is 2.29. The molecule has 0 bridgehead atoms. The van der Waals surface area contributed by atoms with Gasteiger partial charge in [0.1, 0.15) is 19.0 Å². The Morgan fingerprint density at radius 3 is 2.59 bits per heavy atom. The van der Waals surface area contributed by atoms with Gasteiger partial charge in [-0.05, 0) is 24.3 Å². The highest BCUT2D eigenvalue weighted by atomic mass is 19.4. The van der Waals surface area contributed by atoms with Crippen LogP contribution < -0.4 is 4.90 Å². The highest BCUT2D eigenvalue weighted by molar-refractivity contribution is 5.95. The van der Waals surface area contributed by atoms with E-state index in [-0.39, 0.29) is 18.3 Å². The fourth-order valence-electron chi connectivity index (χ4n) is 2.75. The van der Waals surface area contributed by atoms with Crippen LogP contribution in [0.1, 0.15) is 16.2 Å². The van der Waals surface area contributed by atoms with Crippen molar-refractivity contribution in [2.75, 3.05) is 25.1 Å². The molecule has 0 atom stereocenters. The number of ether oxygens (including phenoxy) is 1. The van der Waals surface area contributed by atoms with Crippen molar-refractivity contribution in [3.8, 4) is 0 Å². The van der Waals surface area contributed by atoms with E-state index in [1.54, 1.807) is 24.3 Å². The molecule has 1 aromatic carbocycles. The van der Waals surface area contributed by atoms with Crippen LogP contribution in [0.5, 0.6) is 0 Å². The Kier molecular flexibility index (Phi) is 5.06. The summed E-state index contributed by atoms with van der Waals surface area (Å²) in [6, 6.07) is 6.36. The first-order valence-electron chi connectivity index (χ1n) is 8.11.